The van der Waals surface area contributed by atoms with Crippen molar-refractivity contribution >= 4 is 28.3 Å². The highest BCUT2D eigenvalue weighted by Gasteiger charge is 2.16. The SMILES string of the molecule is COc1cc2ccccc2cc1C(=O)NNC(=O)c1cccc([N+](=O)[O-])c1. The molecule has 0 radical (unpaired) electrons. The molecule has 2 N–H and O–H groups in total. The first-order chi connectivity index (χ1) is 13.0. The maximum atomic E-state index is 12.5. The molecule has 0 aliphatic carbocycles. The first-order valence-corrected chi connectivity index (χ1v) is 7.91. The van der Waals surface area contributed by atoms with Crippen LogP contribution in [0.15, 0.2) is 60.7 Å². The number of rotatable bonds is 4. The smallest absolute Gasteiger partial charge is 0.273 e. The van der Waals surface area contributed by atoms with E-state index >= 15 is 0 Å². The van der Waals surface area contributed by atoms with Gasteiger partial charge in [0.2, 0.25) is 0 Å². The number of benzene rings is 3. The average Bonchev–Trinajstić information content (AvgIpc) is 2.70. The van der Waals surface area contributed by atoms with Crippen molar-refractivity contribution in [3.05, 3.63) is 81.9 Å². The molecule has 0 heterocycles. The predicted molar refractivity (Wildman–Crippen MR) is 98.5 cm³/mol. The summed E-state index contributed by atoms with van der Waals surface area (Å²) in [6.07, 6.45) is 0. The van der Waals surface area contributed by atoms with Gasteiger partial charge in [-0.2, -0.15) is 0 Å². The van der Waals surface area contributed by atoms with Crippen LogP contribution in [0.2, 0.25) is 0 Å². The molecule has 27 heavy (non-hydrogen) atoms. The largest absolute Gasteiger partial charge is 0.496 e. The molecule has 3 aromatic rings. The van der Waals surface area contributed by atoms with Crippen molar-refractivity contribution in [3.63, 3.8) is 0 Å². The van der Waals surface area contributed by atoms with Crippen LogP contribution in [0.4, 0.5) is 5.69 Å². The molecule has 0 fully saturated rings. The van der Waals surface area contributed by atoms with Crippen molar-refractivity contribution in [2.45, 2.75) is 0 Å². The van der Waals surface area contributed by atoms with Gasteiger partial charge in [-0.1, -0.05) is 30.3 Å². The Balaban J connectivity index is 1.77. The van der Waals surface area contributed by atoms with E-state index in [9.17, 15) is 19.7 Å². The van der Waals surface area contributed by atoms with E-state index in [-0.39, 0.29) is 16.8 Å². The monoisotopic (exact) mass is 365 g/mol. The number of carbonyl (C=O) groups excluding carboxylic acids is 2. The Bertz CT molecular complexity index is 1050. The van der Waals surface area contributed by atoms with Gasteiger partial charge in [0.15, 0.2) is 0 Å². The fourth-order valence-corrected chi connectivity index (χ4v) is 2.58. The molecule has 0 aliphatic heterocycles. The van der Waals surface area contributed by atoms with Gasteiger partial charge in [0.05, 0.1) is 17.6 Å². The number of hydrogen-bond acceptors (Lipinski definition) is 5. The number of carbonyl (C=O) groups is 2. The summed E-state index contributed by atoms with van der Waals surface area (Å²) in [6, 6.07) is 16.0. The van der Waals surface area contributed by atoms with Gasteiger partial charge in [0.1, 0.15) is 5.75 Å². The van der Waals surface area contributed by atoms with Crippen LogP contribution >= 0.6 is 0 Å². The molecule has 0 aliphatic rings. The number of fused-ring (bicyclic) bond motifs is 1. The quantitative estimate of drug-likeness (QED) is 0.546. The maximum Gasteiger partial charge on any atom is 0.273 e. The minimum atomic E-state index is -0.674. The Morgan fingerprint density at radius 1 is 0.926 bits per heavy atom. The summed E-state index contributed by atoms with van der Waals surface area (Å²) in [7, 11) is 1.45. The lowest BCUT2D eigenvalue weighted by Gasteiger charge is -2.12. The second-order valence-corrected chi connectivity index (χ2v) is 5.62. The molecular weight excluding hydrogens is 350 g/mol. The lowest BCUT2D eigenvalue weighted by Crippen LogP contribution is -2.41. The third-order valence-corrected chi connectivity index (χ3v) is 3.92. The van der Waals surface area contributed by atoms with E-state index in [1.165, 1.54) is 25.3 Å². The minimum Gasteiger partial charge on any atom is -0.496 e. The number of methoxy groups -OCH3 is 1. The summed E-state index contributed by atoms with van der Waals surface area (Å²) in [5.74, 6) is -0.890. The van der Waals surface area contributed by atoms with Crippen LogP contribution in [0.1, 0.15) is 20.7 Å². The molecule has 0 bridgehead atoms. The van der Waals surface area contributed by atoms with Crippen molar-refractivity contribution in [2.75, 3.05) is 7.11 Å². The van der Waals surface area contributed by atoms with E-state index in [1.54, 1.807) is 12.1 Å². The van der Waals surface area contributed by atoms with Crippen LogP contribution in [0.25, 0.3) is 10.8 Å². The Labute approximate surface area is 153 Å². The zero-order valence-corrected chi connectivity index (χ0v) is 14.3. The number of nitro groups is 1. The van der Waals surface area contributed by atoms with Crippen molar-refractivity contribution < 1.29 is 19.2 Å². The third-order valence-electron chi connectivity index (χ3n) is 3.92. The maximum absolute atomic E-state index is 12.5. The zero-order valence-electron chi connectivity index (χ0n) is 14.3. The van der Waals surface area contributed by atoms with E-state index in [4.69, 9.17) is 4.74 Å². The molecule has 0 atom stereocenters. The van der Waals surface area contributed by atoms with Gasteiger partial charge in [-0.25, -0.2) is 0 Å². The second-order valence-electron chi connectivity index (χ2n) is 5.62. The molecule has 0 unspecified atom stereocenters. The topological polar surface area (TPSA) is 111 Å². The number of nitro benzene ring substituents is 1. The van der Waals surface area contributed by atoms with Crippen LogP contribution in [0.3, 0.4) is 0 Å². The Morgan fingerprint density at radius 3 is 2.26 bits per heavy atom. The molecule has 0 saturated carbocycles. The lowest BCUT2D eigenvalue weighted by atomic mass is 10.1. The molecule has 8 nitrogen and oxygen atoms in total. The number of ether oxygens (including phenoxy) is 1. The minimum absolute atomic E-state index is 0.0509. The number of amides is 2. The fourth-order valence-electron chi connectivity index (χ4n) is 2.58. The van der Waals surface area contributed by atoms with Crippen LogP contribution in [-0.2, 0) is 0 Å². The highest BCUT2D eigenvalue weighted by molar-refractivity contribution is 6.03. The molecule has 3 aromatic carbocycles. The van der Waals surface area contributed by atoms with Gasteiger partial charge >= 0.3 is 0 Å². The summed E-state index contributed by atoms with van der Waals surface area (Å²) in [6.45, 7) is 0. The summed E-state index contributed by atoms with van der Waals surface area (Å²) in [4.78, 5) is 34.8. The highest BCUT2D eigenvalue weighted by Crippen LogP contribution is 2.25. The van der Waals surface area contributed by atoms with Crippen molar-refractivity contribution in [2.24, 2.45) is 0 Å². The molecule has 136 valence electrons. The third kappa shape index (κ3) is 3.84. The number of hydrogen-bond donors (Lipinski definition) is 2. The molecular formula is C19H15N3O5. The molecule has 2 amide bonds. The van der Waals surface area contributed by atoms with E-state index in [0.29, 0.717) is 5.75 Å². The van der Waals surface area contributed by atoms with Gasteiger partial charge in [0, 0.05) is 17.7 Å². The molecule has 0 spiro atoms. The standard InChI is InChI=1S/C19H15N3O5/c1-27-17-11-13-6-3-2-5-12(13)10-16(17)19(24)21-20-18(23)14-7-4-8-15(9-14)22(25)26/h2-11H,1H3,(H,20,23)(H,21,24). The van der Waals surface area contributed by atoms with E-state index in [2.05, 4.69) is 10.9 Å². The van der Waals surface area contributed by atoms with E-state index in [0.717, 1.165) is 16.8 Å². The normalized spacial score (nSPS) is 10.3. The number of nitrogens with zero attached hydrogens (tertiary/aromatic N) is 1. The van der Waals surface area contributed by atoms with E-state index in [1.807, 2.05) is 24.3 Å². The fraction of sp³-hybridized carbons (Fsp3) is 0.0526. The van der Waals surface area contributed by atoms with Crippen molar-refractivity contribution in [1.29, 1.82) is 0 Å². The van der Waals surface area contributed by atoms with Gasteiger partial charge in [-0.3, -0.25) is 30.6 Å². The van der Waals surface area contributed by atoms with Crippen LogP contribution in [0.5, 0.6) is 5.75 Å². The molecule has 3 rings (SSSR count). The number of non-ortho nitro benzene ring substituents is 1. The summed E-state index contributed by atoms with van der Waals surface area (Å²) in [5.41, 5.74) is 4.62. The molecule has 0 aromatic heterocycles. The number of nitrogens with one attached hydrogen (secondary N) is 2. The van der Waals surface area contributed by atoms with Gasteiger partial charge in [-0.05, 0) is 29.0 Å². The van der Waals surface area contributed by atoms with Crippen LogP contribution in [0, 0.1) is 10.1 Å². The summed E-state index contributed by atoms with van der Waals surface area (Å²) in [5, 5.41) is 12.5. The highest BCUT2D eigenvalue weighted by atomic mass is 16.6. The van der Waals surface area contributed by atoms with Gasteiger partial charge < -0.3 is 4.74 Å². The Hall–Kier alpha value is -3.94. The first kappa shape index (κ1) is 17.9. The van der Waals surface area contributed by atoms with Crippen molar-refractivity contribution in [3.8, 4) is 5.75 Å². The van der Waals surface area contributed by atoms with E-state index < -0.39 is 16.7 Å². The first-order valence-electron chi connectivity index (χ1n) is 7.91. The average molecular weight is 365 g/mol. The number of hydrazine groups is 1. The Morgan fingerprint density at radius 2 is 1.59 bits per heavy atom. The zero-order chi connectivity index (χ0) is 19.4. The lowest BCUT2D eigenvalue weighted by molar-refractivity contribution is -0.384. The second kappa shape index (κ2) is 7.52. The Kier molecular flexibility index (Phi) is 4.98. The van der Waals surface area contributed by atoms with Crippen LogP contribution < -0.4 is 15.6 Å². The van der Waals surface area contributed by atoms with Crippen LogP contribution in [-0.4, -0.2) is 23.8 Å². The van der Waals surface area contributed by atoms with Gasteiger partial charge in [-0.15, -0.1) is 0 Å². The summed E-state index contributed by atoms with van der Waals surface area (Å²) >= 11 is 0. The van der Waals surface area contributed by atoms with Crippen molar-refractivity contribution in [1.82, 2.24) is 10.9 Å². The van der Waals surface area contributed by atoms with Gasteiger partial charge in [0.25, 0.3) is 17.5 Å². The molecule has 0 saturated heterocycles. The summed E-state index contributed by atoms with van der Waals surface area (Å²) < 4.78 is 5.26. The predicted octanol–water partition coefficient (Wildman–Crippen LogP) is 2.83. The molecule has 8 heteroatoms.